The Hall–Kier alpha value is -3.39. The predicted octanol–water partition coefficient (Wildman–Crippen LogP) is 3.72. The van der Waals surface area contributed by atoms with E-state index in [1.54, 1.807) is 19.1 Å². The minimum Gasteiger partial charge on any atom is -0.454 e. The summed E-state index contributed by atoms with van der Waals surface area (Å²) in [7, 11) is 0. The molecule has 0 fully saturated rings. The zero-order chi connectivity index (χ0) is 20.3. The smallest absolute Gasteiger partial charge is 0.331 e. The maximum Gasteiger partial charge on any atom is 0.331 e. The summed E-state index contributed by atoms with van der Waals surface area (Å²) in [5.74, 6) is -0.379. The number of nitrogens with zero attached hydrogens (tertiary/aromatic N) is 1. The molecule has 3 rings (SSSR count). The molecule has 0 amide bonds. The van der Waals surface area contributed by atoms with Gasteiger partial charge in [0.25, 0.3) is 5.69 Å². The number of fused-ring (bicyclic) bond motifs is 1. The first kappa shape index (κ1) is 19.4. The molecule has 0 aliphatic carbocycles. The third-order valence-electron chi connectivity index (χ3n) is 3.93. The first-order valence-corrected chi connectivity index (χ1v) is 8.45. The molecular formula is C19H14ClNO7. The van der Waals surface area contributed by atoms with Crippen molar-refractivity contribution in [2.24, 2.45) is 0 Å². The van der Waals surface area contributed by atoms with Gasteiger partial charge in [-0.25, -0.2) is 4.79 Å². The number of ketones is 1. The van der Waals surface area contributed by atoms with Crippen LogP contribution in [0.1, 0.15) is 21.5 Å². The minimum atomic E-state index is -0.747. The van der Waals surface area contributed by atoms with Gasteiger partial charge < -0.3 is 14.2 Å². The number of esters is 1. The van der Waals surface area contributed by atoms with Gasteiger partial charge in [0.15, 0.2) is 18.1 Å². The fraction of sp³-hybridized carbons (Fsp3) is 0.158. The Bertz CT molecular complexity index is 1000. The van der Waals surface area contributed by atoms with E-state index < -0.39 is 23.3 Å². The monoisotopic (exact) mass is 403 g/mol. The van der Waals surface area contributed by atoms with Gasteiger partial charge in [0, 0.05) is 23.3 Å². The highest BCUT2D eigenvalue weighted by atomic mass is 35.5. The molecule has 0 saturated carbocycles. The van der Waals surface area contributed by atoms with Crippen molar-refractivity contribution in [1.82, 2.24) is 0 Å². The Morgan fingerprint density at radius 1 is 1.29 bits per heavy atom. The van der Waals surface area contributed by atoms with Gasteiger partial charge in [0.1, 0.15) is 0 Å². The highest BCUT2D eigenvalue weighted by Crippen LogP contribution is 2.40. The number of rotatable bonds is 6. The van der Waals surface area contributed by atoms with Gasteiger partial charge >= 0.3 is 5.97 Å². The van der Waals surface area contributed by atoms with Gasteiger partial charge in [0.2, 0.25) is 12.6 Å². The van der Waals surface area contributed by atoms with E-state index >= 15 is 0 Å². The number of hydrogen-bond donors (Lipinski definition) is 0. The lowest BCUT2D eigenvalue weighted by atomic mass is 10.1. The van der Waals surface area contributed by atoms with Crippen LogP contribution in [-0.4, -0.2) is 30.1 Å². The molecule has 0 bridgehead atoms. The van der Waals surface area contributed by atoms with Crippen molar-refractivity contribution in [1.29, 1.82) is 0 Å². The van der Waals surface area contributed by atoms with Crippen molar-refractivity contribution in [3.05, 3.63) is 68.2 Å². The summed E-state index contributed by atoms with van der Waals surface area (Å²) in [6.45, 7) is 1.11. The largest absolute Gasteiger partial charge is 0.454 e. The highest BCUT2D eigenvalue weighted by molar-refractivity contribution is 6.32. The van der Waals surface area contributed by atoms with Crippen molar-refractivity contribution in [2.75, 3.05) is 13.4 Å². The molecule has 2 aromatic rings. The van der Waals surface area contributed by atoms with Crippen molar-refractivity contribution in [3.8, 4) is 11.5 Å². The van der Waals surface area contributed by atoms with Crippen molar-refractivity contribution in [2.45, 2.75) is 6.92 Å². The molecule has 8 nitrogen and oxygen atoms in total. The number of hydrogen-bond acceptors (Lipinski definition) is 7. The lowest BCUT2D eigenvalue weighted by Gasteiger charge is -2.04. The molecule has 0 N–H and O–H groups in total. The third kappa shape index (κ3) is 4.29. The van der Waals surface area contributed by atoms with Crippen LogP contribution >= 0.6 is 11.6 Å². The van der Waals surface area contributed by atoms with Crippen LogP contribution < -0.4 is 9.47 Å². The molecule has 9 heteroatoms. The third-order valence-corrected chi connectivity index (χ3v) is 4.22. The minimum absolute atomic E-state index is 0.0730. The Labute approximate surface area is 164 Å². The van der Waals surface area contributed by atoms with Crippen molar-refractivity contribution < 1.29 is 28.7 Å². The summed E-state index contributed by atoms with van der Waals surface area (Å²) < 4.78 is 15.3. The van der Waals surface area contributed by atoms with E-state index in [9.17, 15) is 19.7 Å². The topological polar surface area (TPSA) is 105 Å². The van der Waals surface area contributed by atoms with E-state index in [1.807, 2.05) is 0 Å². The fourth-order valence-electron chi connectivity index (χ4n) is 2.50. The summed E-state index contributed by atoms with van der Waals surface area (Å²) in [6, 6.07) is 7.32. The first-order chi connectivity index (χ1) is 13.3. The normalized spacial score (nSPS) is 12.2. The zero-order valence-electron chi connectivity index (χ0n) is 14.6. The molecular weight excluding hydrogens is 390 g/mol. The van der Waals surface area contributed by atoms with E-state index in [-0.39, 0.29) is 18.0 Å². The molecule has 28 heavy (non-hydrogen) atoms. The van der Waals surface area contributed by atoms with E-state index in [4.69, 9.17) is 25.8 Å². The number of ether oxygens (including phenoxy) is 3. The molecule has 1 aliphatic heterocycles. The Morgan fingerprint density at radius 2 is 2.07 bits per heavy atom. The van der Waals surface area contributed by atoms with Gasteiger partial charge in [-0.2, -0.15) is 0 Å². The zero-order valence-corrected chi connectivity index (χ0v) is 15.4. The summed E-state index contributed by atoms with van der Waals surface area (Å²) in [5, 5.41) is 11.3. The van der Waals surface area contributed by atoms with Crippen LogP contribution in [0.2, 0.25) is 5.02 Å². The highest BCUT2D eigenvalue weighted by Gasteiger charge is 2.18. The lowest BCUT2D eigenvalue weighted by molar-refractivity contribution is -0.385. The van der Waals surface area contributed by atoms with Crippen LogP contribution in [0.5, 0.6) is 11.5 Å². The summed E-state index contributed by atoms with van der Waals surface area (Å²) in [5.41, 5.74) is 0.948. The number of carbonyl (C=O) groups excluding carboxylic acids is 2. The molecule has 0 unspecified atom stereocenters. The standard InChI is InChI=1S/C19H14ClNO7/c1-11-2-4-13(8-15(11)21(24)25)16(22)9-26-18(23)5-3-12-6-14(20)19-17(7-12)27-10-28-19/h2-8H,9-10H2,1H3/b5-3+. The molecule has 1 aliphatic rings. The van der Waals surface area contributed by atoms with E-state index in [2.05, 4.69) is 0 Å². The van der Waals surface area contributed by atoms with Gasteiger partial charge in [-0.1, -0.05) is 23.7 Å². The maximum absolute atomic E-state index is 12.1. The first-order valence-electron chi connectivity index (χ1n) is 8.07. The van der Waals surface area contributed by atoms with Crippen molar-refractivity contribution >= 4 is 35.1 Å². The Morgan fingerprint density at radius 3 is 2.82 bits per heavy atom. The quantitative estimate of drug-likeness (QED) is 0.238. The van der Waals surface area contributed by atoms with E-state index in [0.717, 1.165) is 12.1 Å². The van der Waals surface area contributed by atoms with Crippen LogP contribution in [0.4, 0.5) is 5.69 Å². The van der Waals surface area contributed by atoms with E-state index in [1.165, 1.54) is 18.2 Å². The molecule has 2 aromatic carbocycles. The predicted molar refractivity (Wildman–Crippen MR) is 99.7 cm³/mol. The number of halogens is 1. The van der Waals surface area contributed by atoms with Crippen LogP contribution in [0, 0.1) is 17.0 Å². The average Bonchev–Trinajstić information content (AvgIpc) is 3.13. The molecule has 144 valence electrons. The Balaban J connectivity index is 1.61. The van der Waals surface area contributed by atoms with Crippen LogP contribution in [0.3, 0.4) is 0 Å². The van der Waals surface area contributed by atoms with Crippen LogP contribution in [0.25, 0.3) is 6.08 Å². The molecule has 1 heterocycles. The van der Waals surface area contributed by atoms with Gasteiger partial charge in [0.05, 0.1) is 9.95 Å². The summed E-state index contributed by atoms with van der Waals surface area (Å²) in [4.78, 5) is 34.3. The lowest BCUT2D eigenvalue weighted by Crippen LogP contribution is -2.13. The maximum atomic E-state index is 12.1. The second-order valence-electron chi connectivity index (χ2n) is 5.86. The molecule has 0 aromatic heterocycles. The number of Topliss-reactive ketones (excluding diaryl/α,β-unsaturated/α-hetero) is 1. The number of nitro benzene ring substituents is 1. The molecule has 0 spiro atoms. The van der Waals surface area contributed by atoms with Crippen LogP contribution in [0.15, 0.2) is 36.4 Å². The summed E-state index contributed by atoms with van der Waals surface area (Å²) >= 11 is 6.06. The van der Waals surface area contributed by atoms with Gasteiger partial charge in [-0.05, 0) is 30.7 Å². The number of benzene rings is 2. The number of nitro groups is 1. The summed E-state index contributed by atoms with van der Waals surface area (Å²) in [6.07, 6.45) is 2.59. The van der Waals surface area contributed by atoms with Gasteiger partial charge in [-0.15, -0.1) is 0 Å². The van der Waals surface area contributed by atoms with Gasteiger partial charge in [-0.3, -0.25) is 14.9 Å². The molecule has 0 atom stereocenters. The molecule has 0 saturated heterocycles. The Kier molecular flexibility index (Phi) is 5.60. The fourth-order valence-corrected chi connectivity index (χ4v) is 2.77. The number of carbonyl (C=O) groups is 2. The second-order valence-corrected chi connectivity index (χ2v) is 6.27. The molecule has 0 radical (unpaired) electrons. The number of aryl methyl sites for hydroxylation is 1. The average molecular weight is 404 g/mol. The SMILES string of the molecule is Cc1ccc(C(=O)COC(=O)/C=C/c2cc(Cl)c3c(c2)OCO3)cc1[N+](=O)[O-]. The van der Waals surface area contributed by atoms with Crippen LogP contribution in [-0.2, 0) is 9.53 Å². The second kappa shape index (κ2) is 8.10. The van der Waals surface area contributed by atoms with E-state index in [0.29, 0.717) is 27.6 Å². The van der Waals surface area contributed by atoms with Crippen molar-refractivity contribution in [3.63, 3.8) is 0 Å².